The van der Waals surface area contributed by atoms with Gasteiger partial charge in [0.05, 0.1) is 0 Å². The minimum atomic E-state index is 0. The molecule has 0 heterocycles. The molecule has 0 aromatic heterocycles. The number of benzene rings is 2. The quantitative estimate of drug-likeness (QED) is 0.357. The van der Waals surface area contributed by atoms with Crippen molar-refractivity contribution >= 4 is 0 Å². The van der Waals surface area contributed by atoms with Crippen molar-refractivity contribution < 1.29 is 0 Å². The third-order valence-electron chi connectivity index (χ3n) is 7.70. The summed E-state index contributed by atoms with van der Waals surface area (Å²) in [7, 11) is 0. The Morgan fingerprint density at radius 3 is 2.08 bits per heavy atom. The highest BCUT2D eigenvalue weighted by Crippen LogP contribution is 2.56. The van der Waals surface area contributed by atoms with Gasteiger partial charge in [0.25, 0.3) is 0 Å². The fourth-order valence-corrected chi connectivity index (χ4v) is 5.57. The normalized spacial score (nSPS) is 20.5. The lowest BCUT2D eigenvalue weighted by Crippen LogP contribution is -2.08. The molecule has 208 valence electrons. The first kappa shape index (κ1) is 33.4. The fraction of sp³-hybridized carbons (Fsp3) is 0.474. The molecule has 0 spiro atoms. The van der Waals surface area contributed by atoms with Crippen LogP contribution in [-0.2, 0) is 12.8 Å². The zero-order valence-corrected chi connectivity index (χ0v) is 25.2. The van der Waals surface area contributed by atoms with Crippen LogP contribution in [0.15, 0.2) is 89.6 Å². The summed E-state index contributed by atoms with van der Waals surface area (Å²) < 4.78 is 0. The molecule has 0 bridgehead atoms. The maximum absolute atomic E-state index is 3.36. The van der Waals surface area contributed by atoms with Crippen LogP contribution in [0.4, 0.5) is 0 Å². The van der Waals surface area contributed by atoms with Gasteiger partial charge in [-0.1, -0.05) is 113 Å². The lowest BCUT2D eigenvalue weighted by molar-refractivity contribution is 0.721. The summed E-state index contributed by atoms with van der Waals surface area (Å²) in [4.78, 5) is 0. The molecule has 0 amide bonds. The van der Waals surface area contributed by atoms with E-state index in [2.05, 4.69) is 103 Å². The minimum Gasteiger partial charge on any atom is -0.103 e. The third-order valence-corrected chi connectivity index (χ3v) is 7.70. The third kappa shape index (κ3) is 8.72. The van der Waals surface area contributed by atoms with E-state index in [1.165, 1.54) is 53.5 Å². The molecule has 5 rings (SSSR count). The number of fused-ring (bicyclic) bond motifs is 1. The van der Waals surface area contributed by atoms with Crippen molar-refractivity contribution in [3.63, 3.8) is 0 Å². The summed E-state index contributed by atoms with van der Waals surface area (Å²) in [6, 6.07) is 15.5. The molecule has 0 N–H and O–H groups in total. The molecule has 2 aromatic carbocycles. The van der Waals surface area contributed by atoms with Crippen LogP contribution in [0.2, 0.25) is 0 Å². The Labute approximate surface area is 236 Å². The topological polar surface area (TPSA) is 0 Å². The van der Waals surface area contributed by atoms with Crippen LogP contribution in [0.5, 0.6) is 0 Å². The van der Waals surface area contributed by atoms with E-state index in [9.17, 15) is 0 Å². The molecule has 2 aromatic rings. The first-order valence-corrected chi connectivity index (χ1v) is 14.6. The summed E-state index contributed by atoms with van der Waals surface area (Å²) >= 11 is 0. The molecule has 3 aliphatic rings. The van der Waals surface area contributed by atoms with Crippen LogP contribution in [0, 0.1) is 38.5 Å². The van der Waals surface area contributed by atoms with Gasteiger partial charge < -0.3 is 0 Å². The smallest absolute Gasteiger partial charge is 0.00948 e. The van der Waals surface area contributed by atoms with Crippen LogP contribution < -0.4 is 0 Å². The summed E-state index contributed by atoms with van der Waals surface area (Å²) in [6.07, 6.45) is 13.0. The summed E-state index contributed by atoms with van der Waals surface area (Å²) in [5.41, 5.74) is 13.8. The highest BCUT2D eigenvalue weighted by Gasteiger charge is 2.44. The van der Waals surface area contributed by atoms with Crippen molar-refractivity contribution in [1.29, 1.82) is 0 Å². The lowest BCUT2D eigenvalue weighted by atomic mass is 9.85. The van der Waals surface area contributed by atoms with Crippen LogP contribution in [0.3, 0.4) is 0 Å². The van der Waals surface area contributed by atoms with Gasteiger partial charge in [0.15, 0.2) is 0 Å². The van der Waals surface area contributed by atoms with Crippen LogP contribution in [0.25, 0.3) is 0 Å². The lowest BCUT2D eigenvalue weighted by Gasteiger charge is -2.19. The van der Waals surface area contributed by atoms with E-state index in [1.807, 2.05) is 20.8 Å². The average Bonchev–Trinajstić information content (AvgIpc) is 3.55. The monoisotopic (exact) mass is 512 g/mol. The average molecular weight is 513 g/mol. The maximum atomic E-state index is 3.36. The molecule has 0 saturated heterocycles. The Kier molecular flexibility index (Phi) is 14.4. The van der Waals surface area contributed by atoms with Crippen molar-refractivity contribution in [3.8, 4) is 0 Å². The second-order valence-electron chi connectivity index (χ2n) is 10.7. The second-order valence-corrected chi connectivity index (χ2v) is 10.7. The van der Waals surface area contributed by atoms with E-state index in [1.54, 1.807) is 28.4 Å². The second kappa shape index (κ2) is 16.4. The predicted octanol–water partition coefficient (Wildman–Crippen LogP) is 11.5. The van der Waals surface area contributed by atoms with Crippen molar-refractivity contribution in [3.05, 3.63) is 117 Å². The number of allylic oxidation sites excluding steroid dienone is 7. The van der Waals surface area contributed by atoms with Crippen molar-refractivity contribution in [2.45, 2.75) is 102 Å². The molecular formula is C38H56. The maximum Gasteiger partial charge on any atom is 0.00948 e. The number of aryl methyl sites for hydroxylation is 4. The zero-order valence-electron chi connectivity index (χ0n) is 25.2. The van der Waals surface area contributed by atoms with E-state index in [4.69, 9.17) is 0 Å². The van der Waals surface area contributed by atoms with Gasteiger partial charge in [-0.2, -0.15) is 0 Å². The summed E-state index contributed by atoms with van der Waals surface area (Å²) in [6.45, 7) is 22.8. The highest BCUT2D eigenvalue weighted by atomic mass is 14.5. The van der Waals surface area contributed by atoms with E-state index in [0.717, 1.165) is 18.3 Å². The molecule has 3 unspecified atom stereocenters. The van der Waals surface area contributed by atoms with Crippen LogP contribution >= 0.6 is 0 Å². The number of hydrogen-bond acceptors (Lipinski definition) is 0. The van der Waals surface area contributed by atoms with E-state index < -0.39 is 0 Å². The first-order chi connectivity index (χ1) is 17.8. The van der Waals surface area contributed by atoms with Gasteiger partial charge in [-0.15, -0.1) is 6.58 Å². The zero-order chi connectivity index (χ0) is 27.5. The first-order valence-electron chi connectivity index (χ1n) is 14.6. The van der Waals surface area contributed by atoms with Crippen LogP contribution in [0.1, 0.15) is 96.0 Å². The Morgan fingerprint density at radius 2 is 1.53 bits per heavy atom. The summed E-state index contributed by atoms with van der Waals surface area (Å²) in [5.74, 6) is 2.35. The van der Waals surface area contributed by atoms with Gasteiger partial charge in [0.1, 0.15) is 0 Å². The van der Waals surface area contributed by atoms with Crippen molar-refractivity contribution in [1.82, 2.24) is 0 Å². The largest absolute Gasteiger partial charge is 0.103 e. The van der Waals surface area contributed by atoms with Gasteiger partial charge in [-0.25, -0.2) is 0 Å². The van der Waals surface area contributed by atoms with Crippen LogP contribution in [-0.4, -0.2) is 0 Å². The summed E-state index contributed by atoms with van der Waals surface area (Å²) in [5, 5.41) is 0. The Hall–Kier alpha value is -2.60. The van der Waals surface area contributed by atoms with Crippen molar-refractivity contribution in [2.24, 2.45) is 17.8 Å². The molecule has 1 fully saturated rings. The number of hydrogen-bond donors (Lipinski definition) is 0. The molecule has 0 radical (unpaired) electrons. The highest BCUT2D eigenvalue weighted by molar-refractivity contribution is 5.62. The Morgan fingerprint density at radius 1 is 0.921 bits per heavy atom. The molecule has 0 aliphatic heterocycles. The van der Waals surface area contributed by atoms with E-state index in [0.29, 0.717) is 5.92 Å². The van der Waals surface area contributed by atoms with Gasteiger partial charge in [-0.3, -0.25) is 0 Å². The molecule has 0 nitrogen and oxygen atoms in total. The molecule has 38 heavy (non-hydrogen) atoms. The van der Waals surface area contributed by atoms with E-state index >= 15 is 0 Å². The van der Waals surface area contributed by atoms with Gasteiger partial charge in [0, 0.05) is 5.92 Å². The Bertz CT molecular complexity index is 1120. The molecule has 3 atom stereocenters. The Balaban J connectivity index is 0.000000404. The van der Waals surface area contributed by atoms with Gasteiger partial charge in [0.2, 0.25) is 0 Å². The molecule has 1 saturated carbocycles. The van der Waals surface area contributed by atoms with Gasteiger partial charge in [-0.05, 0) is 112 Å². The number of rotatable bonds is 4. The SMILES string of the molecule is C.C=CC.CC.CC1=C(C2CC2C)C2=CCCC=C2C1Cc1cc(C)ccc1C.CCc1cccc(C)c1. The van der Waals surface area contributed by atoms with Crippen molar-refractivity contribution in [2.75, 3.05) is 0 Å². The van der Waals surface area contributed by atoms with E-state index in [-0.39, 0.29) is 7.43 Å². The molecule has 3 aliphatic carbocycles. The standard InChI is InChI=1S/C23H28.C9H12.C3H6.C2H6.CH4/c1-14-9-10-15(2)18(11-14)13-22-17(4)23(21-12-16(21)3)20-8-6-5-7-19(20)22;1-3-9-6-4-5-8(2)7-9;1-3-2;1-2;/h7-11,16,21-22H,5-6,12-13H2,1-4H3;4-7H,3H2,1-2H3;3H,1H2,2H3;1-2H3;1H4. The minimum absolute atomic E-state index is 0. The molecular weight excluding hydrogens is 456 g/mol. The molecule has 0 heteroatoms. The predicted molar refractivity (Wildman–Crippen MR) is 173 cm³/mol. The fourth-order valence-electron chi connectivity index (χ4n) is 5.57. The van der Waals surface area contributed by atoms with Gasteiger partial charge >= 0.3 is 0 Å².